The van der Waals surface area contributed by atoms with Crippen molar-refractivity contribution >= 4 is 11.6 Å². The molecule has 2 aromatic rings. The van der Waals surface area contributed by atoms with Crippen LogP contribution in [0.3, 0.4) is 0 Å². The van der Waals surface area contributed by atoms with Crippen LogP contribution in [0.5, 0.6) is 0 Å². The fraction of sp³-hybridized carbons (Fsp3) is 0.409. The first kappa shape index (κ1) is 19.4. The number of carbonyl (C=O) groups is 1. The lowest BCUT2D eigenvalue weighted by Crippen LogP contribution is -2.44. The molecule has 4 nitrogen and oxygen atoms in total. The van der Waals surface area contributed by atoms with Crippen LogP contribution in [0.1, 0.15) is 18.4 Å². The van der Waals surface area contributed by atoms with E-state index in [1.807, 2.05) is 31.3 Å². The number of hydrogen-bond acceptors (Lipinski definition) is 3. The molecule has 1 heterocycles. The lowest BCUT2D eigenvalue weighted by Gasteiger charge is -2.32. The third-order valence-corrected chi connectivity index (χ3v) is 5.11. The highest BCUT2D eigenvalue weighted by Gasteiger charge is 2.25. The zero-order valence-electron chi connectivity index (χ0n) is 15.9. The third-order valence-electron chi connectivity index (χ3n) is 5.11. The Labute approximate surface area is 161 Å². The predicted octanol–water partition coefficient (Wildman–Crippen LogP) is 3.29. The largest absolute Gasteiger partial charge is 0.373 e. The van der Waals surface area contributed by atoms with Crippen LogP contribution in [-0.2, 0) is 11.3 Å². The number of benzene rings is 2. The van der Waals surface area contributed by atoms with E-state index in [4.69, 9.17) is 0 Å². The molecule has 27 heavy (non-hydrogen) atoms. The lowest BCUT2D eigenvalue weighted by molar-refractivity contribution is -0.126. The fourth-order valence-electron chi connectivity index (χ4n) is 3.61. The Hall–Kier alpha value is -2.40. The molecule has 0 saturated carbocycles. The number of likely N-dealkylation sites (N-methyl/N-ethyl adjacent to an activating group) is 1. The average molecular weight is 369 g/mol. The molecular formula is C22H28FN3O. The van der Waals surface area contributed by atoms with E-state index in [1.54, 1.807) is 12.1 Å². The number of amides is 1. The summed E-state index contributed by atoms with van der Waals surface area (Å²) in [6, 6.07) is 16.9. The monoisotopic (exact) mass is 369 g/mol. The Morgan fingerprint density at radius 3 is 2.81 bits per heavy atom. The summed E-state index contributed by atoms with van der Waals surface area (Å²) >= 11 is 0. The van der Waals surface area contributed by atoms with Gasteiger partial charge in [0.15, 0.2) is 0 Å². The second-order valence-electron chi connectivity index (χ2n) is 7.25. The van der Waals surface area contributed by atoms with Gasteiger partial charge in [0.2, 0.25) is 5.91 Å². The predicted molar refractivity (Wildman–Crippen MR) is 107 cm³/mol. The number of piperidine rings is 1. The SMILES string of the molecule is CN(CCNC(=O)C1CCCN(Cc2cccc(F)c2)C1)c1ccccc1. The summed E-state index contributed by atoms with van der Waals surface area (Å²) in [6.07, 6.45) is 1.91. The Morgan fingerprint density at radius 1 is 1.22 bits per heavy atom. The fourth-order valence-corrected chi connectivity index (χ4v) is 3.61. The molecule has 2 aromatic carbocycles. The van der Waals surface area contributed by atoms with Gasteiger partial charge >= 0.3 is 0 Å². The van der Waals surface area contributed by atoms with Gasteiger partial charge in [0.05, 0.1) is 5.92 Å². The number of halogens is 1. The van der Waals surface area contributed by atoms with Crippen molar-refractivity contribution in [1.82, 2.24) is 10.2 Å². The normalized spacial score (nSPS) is 17.5. The summed E-state index contributed by atoms with van der Waals surface area (Å²) in [4.78, 5) is 16.9. The molecule has 1 N–H and O–H groups in total. The van der Waals surface area contributed by atoms with E-state index in [2.05, 4.69) is 27.2 Å². The molecule has 1 saturated heterocycles. The maximum atomic E-state index is 13.4. The summed E-state index contributed by atoms with van der Waals surface area (Å²) in [5, 5.41) is 3.08. The average Bonchev–Trinajstić information content (AvgIpc) is 2.69. The summed E-state index contributed by atoms with van der Waals surface area (Å²) < 4.78 is 13.4. The second kappa shape index (κ2) is 9.51. The number of likely N-dealkylation sites (tertiary alicyclic amines) is 1. The summed E-state index contributed by atoms with van der Waals surface area (Å²) in [7, 11) is 2.03. The molecule has 1 aliphatic rings. The van der Waals surface area contributed by atoms with Crippen molar-refractivity contribution in [3.63, 3.8) is 0 Å². The van der Waals surface area contributed by atoms with Crippen LogP contribution in [0.15, 0.2) is 54.6 Å². The minimum atomic E-state index is -0.207. The van der Waals surface area contributed by atoms with Crippen molar-refractivity contribution in [2.75, 3.05) is 38.1 Å². The van der Waals surface area contributed by atoms with Crippen molar-refractivity contribution in [1.29, 1.82) is 0 Å². The number of carbonyl (C=O) groups excluding carboxylic acids is 1. The van der Waals surface area contributed by atoms with E-state index in [0.717, 1.165) is 43.7 Å². The maximum Gasteiger partial charge on any atom is 0.224 e. The molecule has 0 aromatic heterocycles. The molecule has 1 unspecified atom stereocenters. The smallest absolute Gasteiger partial charge is 0.224 e. The highest BCUT2D eigenvalue weighted by molar-refractivity contribution is 5.79. The zero-order valence-corrected chi connectivity index (χ0v) is 15.9. The molecule has 1 amide bonds. The molecule has 1 fully saturated rings. The Morgan fingerprint density at radius 2 is 2.04 bits per heavy atom. The molecule has 0 radical (unpaired) electrons. The van der Waals surface area contributed by atoms with Crippen molar-refractivity contribution in [3.05, 3.63) is 66.0 Å². The molecule has 5 heteroatoms. The molecule has 1 aliphatic heterocycles. The number of nitrogens with one attached hydrogen (secondary N) is 1. The highest BCUT2D eigenvalue weighted by atomic mass is 19.1. The third kappa shape index (κ3) is 5.79. The lowest BCUT2D eigenvalue weighted by atomic mass is 9.96. The highest BCUT2D eigenvalue weighted by Crippen LogP contribution is 2.19. The number of hydrogen-bond donors (Lipinski definition) is 1. The first-order valence-corrected chi connectivity index (χ1v) is 9.62. The van der Waals surface area contributed by atoms with Crippen LogP contribution >= 0.6 is 0 Å². The first-order valence-electron chi connectivity index (χ1n) is 9.62. The number of anilines is 1. The van der Waals surface area contributed by atoms with Crippen LogP contribution in [-0.4, -0.2) is 44.0 Å². The van der Waals surface area contributed by atoms with Gasteiger partial charge in [-0.3, -0.25) is 9.69 Å². The van der Waals surface area contributed by atoms with Crippen LogP contribution in [0.4, 0.5) is 10.1 Å². The Balaban J connectivity index is 1.44. The standard InChI is InChI=1S/C22H28FN3O/c1-25(21-10-3-2-4-11-21)14-12-24-22(27)19-8-6-13-26(17-19)16-18-7-5-9-20(23)15-18/h2-5,7,9-11,15,19H,6,8,12-14,16-17H2,1H3,(H,24,27). The Kier molecular flexibility index (Phi) is 6.82. The van der Waals surface area contributed by atoms with E-state index < -0.39 is 0 Å². The van der Waals surface area contributed by atoms with E-state index in [1.165, 1.54) is 6.07 Å². The van der Waals surface area contributed by atoms with E-state index >= 15 is 0 Å². The molecule has 3 rings (SSSR count). The van der Waals surface area contributed by atoms with E-state index in [0.29, 0.717) is 13.1 Å². The van der Waals surface area contributed by atoms with Crippen LogP contribution in [0.2, 0.25) is 0 Å². The van der Waals surface area contributed by atoms with Gasteiger partial charge in [-0.2, -0.15) is 0 Å². The summed E-state index contributed by atoms with van der Waals surface area (Å²) in [6.45, 7) is 3.78. The zero-order chi connectivity index (χ0) is 19.1. The van der Waals surface area contributed by atoms with Crippen LogP contribution in [0, 0.1) is 11.7 Å². The number of para-hydroxylation sites is 1. The molecular weight excluding hydrogens is 341 g/mol. The summed E-state index contributed by atoms with van der Waals surface area (Å²) in [5.74, 6) is -0.0731. The van der Waals surface area contributed by atoms with Gasteiger partial charge in [-0.05, 0) is 49.2 Å². The molecule has 0 aliphatic carbocycles. The minimum absolute atomic E-state index is 0.00865. The van der Waals surface area contributed by atoms with Gasteiger partial charge in [0, 0.05) is 38.9 Å². The van der Waals surface area contributed by atoms with Gasteiger partial charge in [-0.25, -0.2) is 4.39 Å². The topological polar surface area (TPSA) is 35.6 Å². The van der Waals surface area contributed by atoms with Crippen molar-refractivity contribution in [2.24, 2.45) is 5.92 Å². The number of nitrogens with zero attached hydrogens (tertiary/aromatic N) is 2. The minimum Gasteiger partial charge on any atom is -0.373 e. The molecule has 1 atom stereocenters. The Bertz CT molecular complexity index is 737. The van der Waals surface area contributed by atoms with Crippen LogP contribution in [0.25, 0.3) is 0 Å². The van der Waals surface area contributed by atoms with Crippen molar-refractivity contribution in [3.8, 4) is 0 Å². The van der Waals surface area contributed by atoms with Crippen molar-refractivity contribution in [2.45, 2.75) is 19.4 Å². The first-order chi connectivity index (χ1) is 13.1. The molecule has 0 spiro atoms. The number of rotatable bonds is 7. The van der Waals surface area contributed by atoms with E-state index in [-0.39, 0.29) is 17.6 Å². The quantitative estimate of drug-likeness (QED) is 0.814. The van der Waals surface area contributed by atoms with Crippen molar-refractivity contribution < 1.29 is 9.18 Å². The van der Waals surface area contributed by atoms with Crippen LogP contribution < -0.4 is 10.2 Å². The maximum absolute atomic E-state index is 13.4. The van der Waals surface area contributed by atoms with Gasteiger partial charge in [-0.15, -0.1) is 0 Å². The second-order valence-corrected chi connectivity index (χ2v) is 7.25. The van der Waals surface area contributed by atoms with Gasteiger partial charge in [0.1, 0.15) is 5.82 Å². The van der Waals surface area contributed by atoms with E-state index in [9.17, 15) is 9.18 Å². The molecule has 0 bridgehead atoms. The van der Waals surface area contributed by atoms with Gasteiger partial charge in [-0.1, -0.05) is 30.3 Å². The van der Waals surface area contributed by atoms with Gasteiger partial charge in [0.25, 0.3) is 0 Å². The summed E-state index contributed by atoms with van der Waals surface area (Å²) in [5.41, 5.74) is 2.10. The van der Waals surface area contributed by atoms with Gasteiger partial charge < -0.3 is 10.2 Å². The molecule has 144 valence electrons.